The molecule has 0 saturated carbocycles. The Kier molecular flexibility index (Phi) is 4.23. The van der Waals surface area contributed by atoms with Gasteiger partial charge in [-0.2, -0.15) is 5.10 Å². The third kappa shape index (κ3) is 3.08. The fourth-order valence-electron chi connectivity index (χ4n) is 2.34. The maximum absolute atomic E-state index is 12.4. The van der Waals surface area contributed by atoms with Gasteiger partial charge in [-0.3, -0.25) is 14.4 Å². The molecule has 0 radical (unpaired) electrons. The predicted octanol–water partition coefficient (Wildman–Crippen LogP) is -0.767. The first-order valence-corrected chi connectivity index (χ1v) is 6.50. The summed E-state index contributed by atoms with van der Waals surface area (Å²) in [5.74, 6) is 0.184. The Morgan fingerprint density at radius 2 is 2.10 bits per heavy atom. The average molecular weight is 280 g/mol. The second kappa shape index (κ2) is 5.91. The molecule has 20 heavy (non-hydrogen) atoms. The molecule has 0 aromatic carbocycles. The number of rotatable bonds is 3. The summed E-state index contributed by atoms with van der Waals surface area (Å²) >= 11 is 0. The van der Waals surface area contributed by atoms with Gasteiger partial charge in [0.25, 0.3) is 5.91 Å². The highest BCUT2D eigenvalue weighted by molar-refractivity contribution is 5.92. The lowest BCUT2D eigenvalue weighted by Crippen LogP contribution is -2.50. The van der Waals surface area contributed by atoms with Crippen LogP contribution in [0.2, 0.25) is 0 Å². The molecule has 1 saturated heterocycles. The van der Waals surface area contributed by atoms with E-state index in [1.165, 1.54) is 0 Å². The van der Waals surface area contributed by atoms with Crippen molar-refractivity contribution < 1.29 is 10.0 Å². The fraction of sp³-hybridized carbons (Fsp3) is 0.583. The minimum Gasteiger partial charge on any atom is -0.409 e. The van der Waals surface area contributed by atoms with Gasteiger partial charge < -0.3 is 15.8 Å². The first kappa shape index (κ1) is 14.3. The normalized spacial score (nSPS) is 17.5. The minimum absolute atomic E-state index is 0.00320. The quantitative estimate of drug-likeness (QED) is 0.328. The number of piperazine rings is 1. The van der Waals surface area contributed by atoms with Crippen LogP contribution < -0.4 is 5.73 Å². The number of carbonyl (C=O) groups excluding carboxylic acids is 1. The Morgan fingerprint density at radius 3 is 2.60 bits per heavy atom. The van der Waals surface area contributed by atoms with E-state index < -0.39 is 0 Å². The maximum Gasteiger partial charge on any atom is 0.272 e. The lowest BCUT2D eigenvalue weighted by Gasteiger charge is -2.34. The van der Waals surface area contributed by atoms with Crippen LogP contribution in [0.15, 0.2) is 11.2 Å². The van der Waals surface area contributed by atoms with Crippen LogP contribution in [0.5, 0.6) is 0 Å². The van der Waals surface area contributed by atoms with Gasteiger partial charge in [0.15, 0.2) is 5.84 Å². The standard InChI is InChI=1S/C12H20N6O2/c1-9-7-10(16(2)14-9)12(19)18-5-3-17(4-6-18)8-11(13)15-20/h7,20H,3-6,8H2,1-2H3,(H2,13,15). The molecule has 3 N–H and O–H groups in total. The zero-order valence-corrected chi connectivity index (χ0v) is 11.8. The third-order valence-corrected chi connectivity index (χ3v) is 3.39. The van der Waals surface area contributed by atoms with Gasteiger partial charge >= 0.3 is 0 Å². The SMILES string of the molecule is Cc1cc(C(=O)N2CCN(CC(N)=NO)CC2)n(C)n1. The number of aromatic nitrogens is 2. The number of nitrogens with two attached hydrogens (primary N) is 1. The van der Waals surface area contributed by atoms with Crippen LogP contribution in [0, 0.1) is 6.92 Å². The Bertz CT molecular complexity index is 516. The molecule has 1 fully saturated rings. The molecule has 0 spiro atoms. The molecule has 8 nitrogen and oxygen atoms in total. The molecule has 0 atom stereocenters. The summed E-state index contributed by atoms with van der Waals surface area (Å²) in [6, 6.07) is 1.80. The van der Waals surface area contributed by atoms with E-state index in [4.69, 9.17) is 10.9 Å². The van der Waals surface area contributed by atoms with E-state index in [9.17, 15) is 4.79 Å². The zero-order chi connectivity index (χ0) is 14.7. The molecule has 110 valence electrons. The second-order valence-corrected chi connectivity index (χ2v) is 4.95. The van der Waals surface area contributed by atoms with Crippen LogP contribution in [0.1, 0.15) is 16.2 Å². The molecule has 0 unspecified atom stereocenters. The van der Waals surface area contributed by atoms with Crippen molar-refractivity contribution in [1.29, 1.82) is 0 Å². The highest BCUT2D eigenvalue weighted by Gasteiger charge is 2.24. The summed E-state index contributed by atoms with van der Waals surface area (Å²) in [5.41, 5.74) is 6.92. The van der Waals surface area contributed by atoms with Crippen LogP contribution in [-0.2, 0) is 7.05 Å². The van der Waals surface area contributed by atoms with Crippen LogP contribution in [0.3, 0.4) is 0 Å². The predicted molar refractivity (Wildman–Crippen MR) is 73.7 cm³/mol. The van der Waals surface area contributed by atoms with E-state index in [2.05, 4.69) is 10.3 Å². The summed E-state index contributed by atoms with van der Waals surface area (Å²) in [6.45, 7) is 4.95. The summed E-state index contributed by atoms with van der Waals surface area (Å²) < 4.78 is 1.61. The molecule has 1 amide bonds. The molecule has 2 rings (SSSR count). The van der Waals surface area contributed by atoms with Gasteiger partial charge in [0.2, 0.25) is 0 Å². The van der Waals surface area contributed by atoms with Gasteiger partial charge in [-0.05, 0) is 13.0 Å². The average Bonchev–Trinajstić information content (AvgIpc) is 2.77. The summed E-state index contributed by atoms with van der Waals surface area (Å²) in [5, 5.41) is 15.7. The number of oxime groups is 1. The number of nitrogens with zero attached hydrogens (tertiary/aromatic N) is 5. The van der Waals surface area contributed by atoms with Crippen molar-refractivity contribution in [2.45, 2.75) is 6.92 Å². The van der Waals surface area contributed by atoms with Gasteiger partial charge in [-0.25, -0.2) is 0 Å². The van der Waals surface area contributed by atoms with Crippen LogP contribution >= 0.6 is 0 Å². The number of amidine groups is 1. The van der Waals surface area contributed by atoms with Crippen LogP contribution in [0.4, 0.5) is 0 Å². The molecule has 1 aromatic rings. The molecule has 1 aliphatic heterocycles. The lowest BCUT2D eigenvalue weighted by molar-refractivity contribution is 0.0642. The smallest absolute Gasteiger partial charge is 0.272 e. The Morgan fingerprint density at radius 1 is 1.45 bits per heavy atom. The van der Waals surface area contributed by atoms with E-state index in [0.29, 0.717) is 38.4 Å². The Labute approximate surface area is 117 Å². The van der Waals surface area contributed by atoms with E-state index in [1.807, 2.05) is 11.8 Å². The van der Waals surface area contributed by atoms with Crippen molar-refractivity contribution in [3.8, 4) is 0 Å². The number of hydrogen-bond donors (Lipinski definition) is 2. The summed E-state index contributed by atoms with van der Waals surface area (Å²) in [6.07, 6.45) is 0. The van der Waals surface area contributed by atoms with Crippen LogP contribution in [-0.4, -0.2) is 69.3 Å². The Hall–Kier alpha value is -2.09. The Balaban J connectivity index is 1.94. The topological polar surface area (TPSA) is 100.0 Å². The first-order valence-electron chi connectivity index (χ1n) is 6.50. The van der Waals surface area contributed by atoms with E-state index in [0.717, 1.165) is 5.69 Å². The minimum atomic E-state index is -0.00320. The van der Waals surface area contributed by atoms with E-state index >= 15 is 0 Å². The fourth-order valence-corrected chi connectivity index (χ4v) is 2.34. The molecule has 0 aliphatic carbocycles. The van der Waals surface area contributed by atoms with Gasteiger partial charge in [-0.15, -0.1) is 0 Å². The van der Waals surface area contributed by atoms with Crippen molar-refractivity contribution in [1.82, 2.24) is 19.6 Å². The van der Waals surface area contributed by atoms with Crippen molar-refractivity contribution in [3.63, 3.8) is 0 Å². The van der Waals surface area contributed by atoms with Crippen molar-refractivity contribution in [2.75, 3.05) is 32.7 Å². The lowest BCUT2D eigenvalue weighted by atomic mass is 10.2. The van der Waals surface area contributed by atoms with Crippen molar-refractivity contribution in [2.24, 2.45) is 17.9 Å². The summed E-state index contributed by atoms with van der Waals surface area (Å²) in [7, 11) is 1.77. The number of carbonyl (C=O) groups is 1. The van der Waals surface area contributed by atoms with Gasteiger partial charge in [0, 0.05) is 33.2 Å². The molecule has 1 aromatic heterocycles. The monoisotopic (exact) mass is 280 g/mol. The molecule has 1 aliphatic rings. The van der Waals surface area contributed by atoms with E-state index in [1.54, 1.807) is 22.7 Å². The van der Waals surface area contributed by atoms with Gasteiger partial charge in [0.1, 0.15) is 5.69 Å². The second-order valence-electron chi connectivity index (χ2n) is 4.95. The van der Waals surface area contributed by atoms with Gasteiger partial charge in [-0.1, -0.05) is 5.16 Å². The van der Waals surface area contributed by atoms with Crippen LogP contribution in [0.25, 0.3) is 0 Å². The highest BCUT2D eigenvalue weighted by atomic mass is 16.4. The van der Waals surface area contributed by atoms with Crippen molar-refractivity contribution in [3.05, 3.63) is 17.5 Å². The van der Waals surface area contributed by atoms with Crippen molar-refractivity contribution >= 4 is 11.7 Å². The number of amides is 1. The largest absolute Gasteiger partial charge is 0.409 e. The summed E-state index contributed by atoms with van der Waals surface area (Å²) in [4.78, 5) is 16.2. The third-order valence-electron chi connectivity index (χ3n) is 3.39. The molecular formula is C12H20N6O2. The number of aryl methyl sites for hydroxylation is 2. The molecule has 0 bridgehead atoms. The first-order chi connectivity index (χ1) is 9.51. The molecule has 2 heterocycles. The zero-order valence-electron chi connectivity index (χ0n) is 11.8. The number of hydrogen-bond acceptors (Lipinski definition) is 5. The molecule has 8 heteroatoms. The highest BCUT2D eigenvalue weighted by Crippen LogP contribution is 2.09. The maximum atomic E-state index is 12.4. The molecular weight excluding hydrogens is 260 g/mol. The van der Waals surface area contributed by atoms with E-state index in [-0.39, 0.29) is 11.7 Å². The van der Waals surface area contributed by atoms with Gasteiger partial charge in [0.05, 0.1) is 12.2 Å².